The predicted molar refractivity (Wildman–Crippen MR) is 90.1 cm³/mol. The van der Waals surface area contributed by atoms with Crippen LogP contribution in [-0.4, -0.2) is 47.4 Å². The maximum atomic E-state index is 12.2. The third-order valence-corrected chi connectivity index (χ3v) is 4.73. The Labute approximate surface area is 142 Å². The van der Waals surface area contributed by atoms with E-state index in [0.717, 1.165) is 0 Å². The van der Waals surface area contributed by atoms with Crippen LogP contribution in [0.1, 0.15) is 12.8 Å². The lowest BCUT2D eigenvalue weighted by atomic mass is 10.3. The molecule has 1 amide bonds. The van der Waals surface area contributed by atoms with Crippen LogP contribution in [0.4, 0.5) is 0 Å². The van der Waals surface area contributed by atoms with Crippen LogP contribution in [0.3, 0.4) is 0 Å². The number of sulfone groups is 1. The molecule has 0 saturated carbocycles. The molecule has 0 radical (unpaired) electrons. The molecule has 1 rings (SSSR count). The fourth-order valence-electron chi connectivity index (χ4n) is 1.77. The van der Waals surface area contributed by atoms with Crippen molar-refractivity contribution in [1.29, 1.82) is 0 Å². The van der Waals surface area contributed by atoms with Gasteiger partial charge in [-0.2, -0.15) is 0 Å². The fourth-order valence-corrected chi connectivity index (χ4v) is 3.02. The van der Waals surface area contributed by atoms with Crippen molar-refractivity contribution in [3.63, 3.8) is 0 Å². The highest BCUT2D eigenvalue weighted by atomic mass is 35.5. The summed E-state index contributed by atoms with van der Waals surface area (Å²) >= 11 is 0. The first-order valence-electron chi connectivity index (χ1n) is 6.86. The van der Waals surface area contributed by atoms with E-state index in [1.54, 1.807) is 0 Å². The van der Waals surface area contributed by atoms with Gasteiger partial charge in [0.05, 0.1) is 24.9 Å². The summed E-state index contributed by atoms with van der Waals surface area (Å²) < 4.78 is 34.6. The number of methoxy groups -OCH3 is 2. The Morgan fingerprint density at radius 2 is 1.87 bits per heavy atom. The number of halogens is 1. The summed E-state index contributed by atoms with van der Waals surface area (Å²) in [6, 6.07) is 4.34. The standard InChI is InChI=1S/C14H22N2O5S.ClH/c1-20-12-5-4-11(10-13(12)21-2)22(18,19)9-6-14(17)16-8-3-7-15;/h4-5,10H,3,6-9,15H2,1-2H3,(H,16,17);1H. The van der Waals surface area contributed by atoms with Crippen molar-refractivity contribution in [2.45, 2.75) is 17.7 Å². The molecule has 0 saturated heterocycles. The Kier molecular flexibility index (Phi) is 9.62. The third kappa shape index (κ3) is 6.64. The molecule has 0 aliphatic heterocycles. The molecule has 0 fully saturated rings. The first-order chi connectivity index (χ1) is 10.4. The van der Waals surface area contributed by atoms with Crippen molar-refractivity contribution in [1.82, 2.24) is 5.32 Å². The molecule has 0 atom stereocenters. The minimum Gasteiger partial charge on any atom is -0.493 e. The number of carbonyl (C=O) groups is 1. The van der Waals surface area contributed by atoms with Crippen LogP contribution in [0.5, 0.6) is 11.5 Å². The minimum atomic E-state index is -3.56. The molecule has 0 spiro atoms. The van der Waals surface area contributed by atoms with Gasteiger partial charge in [0.2, 0.25) is 5.91 Å². The molecule has 9 heteroatoms. The predicted octanol–water partition coefficient (Wildman–Crippen LogP) is 0.754. The van der Waals surface area contributed by atoms with Crippen LogP contribution in [0.2, 0.25) is 0 Å². The summed E-state index contributed by atoms with van der Waals surface area (Å²) in [5.41, 5.74) is 5.32. The number of rotatable bonds is 9. The highest BCUT2D eigenvalue weighted by molar-refractivity contribution is 7.91. The molecule has 0 heterocycles. The third-order valence-electron chi connectivity index (χ3n) is 3.02. The van der Waals surface area contributed by atoms with E-state index in [-0.39, 0.29) is 35.4 Å². The zero-order valence-electron chi connectivity index (χ0n) is 13.2. The Morgan fingerprint density at radius 1 is 1.22 bits per heavy atom. The SMILES string of the molecule is COc1ccc(S(=O)(=O)CCC(=O)NCCCN)cc1OC.Cl. The number of amides is 1. The van der Waals surface area contributed by atoms with Crippen LogP contribution in [0.25, 0.3) is 0 Å². The molecule has 3 N–H and O–H groups in total. The molecule has 0 unspecified atom stereocenters. The van der Waals surface area contributed by atoms with Crippen molar-refractivity contribution in [2.75, 3.05) is 33.1 Å². The number of hydrogen-bond acceptors (Lipinski definition) is 6. The van der Waals surface area contributed by atoms with E-state index in [2.05, 4.69) is 5.32 Å². The second-order valence-corrected chi connectivity index (χ2v) is 6.69. The van der Waals surface area contributed by atoms with E-state index in [1.807, 2.05) is 0 Å². The lowest BCUT2D eigenvalue weighted by Gasteiger charge is -2.10. The molecule has 0 aromatic heterocycles. The Morgan fingerprint density at radius 3 is 2.43 bits per heavy atom. The van der Waals surface area contributed by atoms with Gasteiger partial charge in [0.1, 0.15) is 0 Å². The molecule has 7 nitrogen and oxygen atoms in total. The van der Waals surface area contributed by atoms with Gasteiger partial charge < -0.3 is 20.5 Å². The number of ether oxygens (including phenoxy) is 2. The van der Waals surface area contributed by atoms with Gasteiger partial charge in [-0.25, -0.2) is 8.42 Å². The average molecular weight is 367 g/mol. The van der Waals surface area contributed by atoms with Crippen molar-refractivity contribution < 1.29 is 22.7 Å². The topological polar surface area (TPSA) is 108 Å². The Balaban J connectivity index is 0.00000484. The van der Waals surface area contributed by atoms with Crippen LogP contribution < -0.4 is 20.5 Å². The molecule has 132 valence electrons. The monoisotopic (exact) mass is 366 g/mol. The number of carbonyl (C=O) groups excluding carboxylic acids is 1. The summed E-state index contributed by atoms with van der Waals surface area (Å²) in [5, 5.41) is 2.62. The van der Waals surface area contributed by atoms with E-state index in [4.69, 9.17) is 15.2 Å². The van der Waals surface area contributed by atoms with E-state index in [0.29, 0.717) is 31.0 Å². The molecule has 0 bridgehead atoms. The van der Waals surface area contributed by atoms with Crippen molar-refractivity contribution in [3.8, 4) is 11.5 Å². The van der Waals surface area contributed by atoms with Gasteiger partial charge in [-0.3, -0.25) is 4.79 Å². The molecule has 0 aliphatic carbocycles. The molecule has 1 aromatic rings. The van der Waals surface area contributed by atoms with Crippen molar-refractivity contribution in [2.24, 2.45) is 5.73 Å². The van der Waals surface area contributed by atoms with Gasteiger partial charge in [-0.05, 0) is 25.1 Å². The number of hydrogen-bond donors (Lipinski definition) is 2. The lowest BCUT2D eigenvalue weighted by molar-refractivity contribution is -0.120. The second kappa shape index (κ2) is 10.3. The van der Waals surface area contributed by atoms with Gasteiger partial charge in [-0.15, -0.1) is 12.4 Å². The first-order valence-corrected chi connectivity index (χ1v) is 8.51. The van der Waals surface area contributed by atoms with Gasteiger partial charge in [0, 0.05) is 19.0 Å². The van der Waals surface area contributed by atoms with Crippen LogP contribution in [0, 0.1) is 0 Å². The van der Waals surface area contributed by atoms with E-state index >= 15 is 0 Å². The van der Waals surface area contributed by atoms with Crippen LogP contribution in [0.15, 0.2) is 23.1 Å². The molecular formula is C14H23ClN2O5S. The van der Waals surface area contributed by atoms with Crippen LogP contribution >= 0.6 is 12.4 Å². The fraction of sp³-hybridized carbons (Fsp3) is 0.500. The van der Waals surface area contributed by atoms with Crippen molar-refractivity contribution in [3.05, 3.63) is 18.2 Å². The molecular weight excluding hydrogens is 344 g/mol. The molecule has 23 heavy (non-hydrogen) atoms. The minimum absolute atomic E-state index is 0. The highest BCUT2D eigenvalue weighted by Gasteiger charge is 2.18. The van der Waals surface area contributed by atoms with Gasteiger partial charge >= 0.3 is 0 Å². The molecule has 0 aliphatic rings. The van der Waals surface area contributed by atoms with E-state index in [9.17, 15) is 13.2 Å². The van der Waals surface area contributed by atoms with E-state index in [1.165, 1.54) is 32.4 Å². The summed E-state index contributed by atoms with van der Waals surface area (Å²) in [5.74, 6) is 0.200. The normalized spacial score (nSPS) is 10.6. The zero-order valence-corrected chi connectivity index (χ0v) is 14.8. The van der Waals surface area contributed by atoms with Gasteiger partial charge in [0.25, 0.3) is 0 Å². The maximum absolute atomic E-state index is 12.2. The Hall–Kier alpha value is -1.51. The van der Waals surface area contributed by atoms with Crippen LogP contribution in [-0.2, 0) is 14.6 Å². The number of nitrogens with one attached hydrogen (secondary N) is 1. The first kappa shape index (κ1) is 21.5. The quantitative estimate of drug-likeness (QED) is 0.624. The van der Waals surface area contributed by atoms with E-state index < -0.39 is 9.84 Å². The smallest absolute Gasteiger partial charge is 0.221 e. The summed E-state index contributed by atoms with van der Waals surface area (Å²) in [6.07, 6.45) is 0.565. The van der Waals surface area contributed by atoms with Crippen molar-refractivity contribution >= 4 is 28.2 Å². The van der Waals surface area contributed by atoms with Gasteiger partial charge in [0.15, 0.2) is 21.3 Å². The highest BCUT2D eigenvalue weighted by Crippen LogP contribution is 2.29. The zero-order chi connectivity index (χ0) is 16.6. The number of nitrogens with two attached hydrogens (primary N) is 1. The second-order valence-electron chi connectivity index (χ2n) is 4.58. The lowest BCUT2D eigenvalue weighted by Crippen LogP contribution is -2.27. The molecule has 1 aromatic carbocycles. The summed E-state index contributed by atoms with van der Waals surface area (Å²) in [4.78, 5) is 11.7. The summed E-state index contributed by atoms with van der Waals surface area (Å²) in [6.45, 7) is 0.927. The largest absolute Gasteiger partial charge is 0.493 e. The number of benzene rings is 1. The summed E-state index contributed by atoms with van der Waals surface area (Å²) in [7, 11) is -0.665. The maximum Gasteiger partial charge on any atom is 0.221 e. The van der Waals surface area contributed by atoms with Gasteiger partial charge in [-0.1, -0.05) is 0 Å². The average Bonchev–Trinajstić information content (AvgIpc) is 2.52. The Bertz CT molecular complexity index is 607.